The zero-order valence-corrected chi connectivity index (χ0v) is 21.0. The van der Waals surface area contributed by atoms with Crippen molar-refractivity contribution in [2.24, 2.45) is 0 Å². The van der Waals surface area contributed by atoms with E-state index in [0.717, 1.165) is 29.1 Å². The lowest BCUT2D eigenvalue weighted by molar-refractivity contribution is -0.126. The smallest absolute Gasteiger partial charge is 0.298 e. The molecule has 0 saturated carbocycles. The summed E-state index contributed by atoms with van der Waals surface area (Å²) in [5, 5.41) is 2.54. The first kappa shape index (κ1) is 24.9. The summed E-state index contributed by atoms with van der Waals surface area (Å²) in [6.07, 6.45) is 1.51. The van der Waals surface area contributed by atoms with E-state index in [-0.39, 0.29) is 17.5 Å². The molecule has 1 aliphatic rings. The van der Waals surface area contributed by atoms with Crippen molar-refractivity contribution in [3.63, 3.8) is 0 Å². The SMILES string of the molecule is CN(C)c1ccc(C(=O)NNC(=O)c2csc(C3CCN(C(=O)C#Cc4ccccc4)CC3)n2)cc1. The van der Waals surface area contributed by atoms with Crippen molar-refractivity contribution in [1.29, 1.82) is 0 Å². The number of nitrogens with one attached hydrogen (secondary N) is 2. The van der Waals surface area contributed by atoms with Crippen LogP contribution in [0.25, 0.3) is 0 Å². The molecule has 9 heteroatoms. The number of benzene rings is 2. The van der Waals surface area contributed by atoms with Gasteiger partial charge in [0, 0.05) is 61.2 Å². The van der Waals surface area contributed by atoms with Crippen LogP contribution in [-0.4, -0.2) is 54.8 Å². The van der Waals surface area contributed by atoms with Crippen LogP contribution in [0.5, 0.6) is 0 Å². The Morgan fingerprint density at radius 3 is 2.31 bits per heavy atom. The Hall–Kier alpha value is -4.16. The molecular formula is C27H27N5O3S. The Morgan fingerprint density at radius 1 is 0.972 bits per heavy atom. The fourth-order valence-electron chi connectivity index (χ4n) is 3.80. The first-order chi connectivity index (χ1) is 17.4. The Bertz CT molecular complexity index is 1280. The van der Waals surface area contributed by atoms with E-state index in [0.29, 0.717) is 18.7 Å². The summed E-state index contributed by atoms with van der Waals surface area (Å²) in [7, 11) is 3.84. The molecule has 1 aliphatic heterocycles. The Balaban J connectivity index is 1.26. The molecule has 2 aromatic carbocycles. The number of rotatable bonds is 4. The zero-order valence-electron chi connectivity index (χ0n) is 20.2. The van der Waals surface area contributed by atoms with Crippen LogP contribution in [0, 0.1) is 11.8 Å². The number of carbonyl (C=O) groups excluding carboxylic acids is 3. The largest absolute Gasteiger partial charge is 0.378 e. The summed E-state index contributed by atoms with van der Waals surface area (Å²) < 4.78 is 0. The van der Waals surface area contributed by atoms with E-state index in [1.54, 1.807) is 22.4 Å². The molecule has 3 amide bonds. The van der Waals surface area contributed by atoms with Crippen LogP contribution in [0.2, 0.25) is 0 Å². The van der Waals surface area contributed by atoms with Crippen molar-refractivity contribution >= 4 is 34.7 Å². The van der Waals surface area contributed by atoms with Gasteiger partial charge in [0.2, 0.25) is 0 Å². The molecule has 1 saturated heterocycles. The highest BCUT2D eigenvalue weighted by Gasteiger charge is 2.26. The van der Waals surface area contributed by atoms with Crippen molar-refractivity contribution in [1.82, 2.24) is 20.7 Å². The fraction of sp³-hybridized carbons (Fsp3) is 0.259. The Kier molecular flexibility index (Phi) is 7.98. The molecule has 0 unspecified atom stereocenters. The number of hydrogen-bond donors (Lipinski definition) is 2. The van der Waals surface area contributed by atoms with Gasteiger partial charge < -0.3 is 9.80 Å². The molecule has 4 rings (SSSR count). The minimum Gasteiger partial charge on any atom is -0.378 e. The number of anilines is 1. The molecular weight excluding hydrogens is 474 g/mol. The summed E-state index contributed by atoms with van der Waals surface area (Å²) >= 11 is 1.42. The van der Waals surface area contributed by atoms with Gasteiger partial charge in [0.25, 0.3) is 17.7 Å². The van der Waals surface area contributed by atoms with Gasteiger partial charge in [-0.15, -0.1) is 11.3 Å². The molecule has 8 nitrogen and oxygen atoms in total. The van der Waals surface area contributed by atoms with Gasteiger partial charge >= 0.3 is 0 Å². The molecule has 0 radical (unpaired) electrons. The summed E-state index contributed by atoms with van der Waals surface area (Å²) in [6, 6.07) is 16.5. The first-order valence-electron chi connectivity index (χ1n) is 11.6. The van der Waals surface area contributed by atoms with Crippen LogP contribution < -0.4 is 15.8 Å². The maximum atomic E-state index is 12.5. The van der Waals surface area contributed by atoms with Crippen LogP contribution in [0.1, 0.15) is 50.2 Å². The van der Waals surface area contributed by atoms with Gasteiger partial charge in [-0.05, 0) is 49.2 Å². The minimum atomic E-state index is -0.473. The minimum absolute atomic E-state index is 0.174. The molecule has 1 fully saturated rings. The standard InChI is InChI=1S/C27H27N5O3S/c1-31(2)22-11-9-20(10-12-22)25(34)29-30-26(35)23-18-36-27(28-23)21-14-16-32(17-15-21)24(33)13-8-19-6-4-3-5-7-19/h3-7,9-12,18,21H,14-17H2,1-2H3,(H,29,34)(H,30,35). The van der Waals surface area contributed by atoms with Crippen molar-refractivity contribution in [2.45, 2.75) is 18.8 Å². The topological polar surface area (TPSA) is 94.6 Å². The third-order valence-corrected chi connectivity index (χ3v) is 6.92. The number of piperidine rings is 1. The molecule has 0 spiro atoms. The number of aromatic nitrogens is 1. The highest BCUT2D eigenvalue weighted by Crippen LogP contribution is 2.30. The maximum Gasteiger partial charge on any atom is 0.298 e. The van der Waals surface area contributed by atoms with Crippen LogP contribution >= 0.6 is 11.3 Å². The summed E-state index contributed by atoms with van der Waals surface area (Å²) in [5.74, 6) is 4.75. The highest BCUT2D eigenvalue weighted by atomic mass is 32.1. The van der Waals surface area contributed by atoms with Crippen LogP contribution in [0.4, 0.5) is 5.69 Å². The number of nitrogens with zero attached hydrogens (tertiary/aromatic N) is 3. The Labute approximate surface area is 214 Å². The number of likely N-dealkylation sites (tertiary alicyclic amines) is 1. The average Bonchev–Trinajstić information content (AvgIpc) is 3.41. The lowest BCUT2D eigenvalue weighted by atomic mass is 9.97. The highest BCUT2D eigenvalue weighted by molar-refractivity contribution is 7.09. The van der Waals surface area contributed by atoms with E-state index in [1.807, 2.05) is 61.5 Å². The molecule has 0 atom stereocenters. The summed E-state index contributed by atoms with van der Waals surface area (Å²) in [4.78, 5) is 45.4. The first-order valence-corrected chi connectivity index (χ1v) is 12.5. The van der Waals surface area contributed by atoms with Crippen LogP contribution in [-0.2, 0) is 4.79 Å². The predicted octanol–water partition coefficient (Wildman–Crippen LogP) is 3.04. The number of thiazole rings is 1. The van der Waals surface area contributed by atoms with E-state index in [2.05, 4.69) is 27.7 Å². The second-order valence-corrected chi connectivity index (χ2v) is 9.49. The molecule has 2 N–H and O–H groups in total. The van der Waals surface area contributed by atoms with E-state index < -0.39 is 11.8 Å². The van der Waals surface area contributed by atoms with Gasteiger partial charge in [0.05, 0.1) is 5.01 Å². The quantitative estimate of drug-likeness (QED) is 0.423. The van der Waals surface area contributed by atoms with Crippen molar-refractivity contribution in [3.8, 4) is 11.8 Å². The van der Waals surface area contributed by atoms with Crippen molar-refractivity contribution in [3.05, 3.63) is 81.8 Å². The van der Waals surface area contributed by atoms with Gasteiger partial charge in [0.1, 0.15) is 5.69 Å². The van der Waals surface area contributed by atoms with E-state index in [1.165, 1.54) is 11.3 Å². The number of hydrazine groups is 1. The second kappa shape index (κ2) is 11.5. The monoisotopic (exact) mass is 501 g/mol. The fourth-order valence-corrected chi connectivity index (χ4v) is 4.77. The normalized spacial score (nSPS) is 13.3. The van der Waals surface area contributed by atoms with Crippen LogP contribution in [0.3, 0.4) is 0 Å². The lowest BCUT2D eigenvalue weighted by Crippen LogP contribution is -2.41. The van der Waals surface area contributed by atoms with Gasteiger partial charge in [-0.25, -0.2) is 4.98 Å². The summed E-state index contributed by atoms with van der Waals surface area (Å²) in [5.41, 5.74) is 7.34. The van der Waals surface area contributed by atoms with Gasteiger partial charge in [-0.3, -0.25) is 25.2 Å². The number of hydrogen-bond acceptors (Lipinski definition) is 6. The lowest BCUT2D eigenvalue weighted by Gasteiger charge is -2.29. The van der Waals surface area contributed by atoms with Gasteiger partial charge in [-0.1, -0.05) is 24.1 Å². The van der Waals surface area contributed by atoms with Gasteiger partial charge in [0.15, 0.2) is 0 Å². The number of carbonyl (C=O) groups is 3. The molecule has 3 aromatic rings. The molecule has 36 heavy (non-hydrogen) atoms. The van der Waals surface area contributed by atoms with E-state index in [4.69, 9.17) is 0 Å². The number of amides is 3. The van der Waals surface area contributed by atoms with Crippen molar-refractivity contribution < 1.29 is 14.4 Å². The van der Waals surface area contributed by atoms with E-state index in [9.17, 15) is 14.4 Å². The average molecular weight is 502 g/mol. The maximum absolute atomic E-state index is 12.5. The molecule has 1 aromatic heterocycles. The predicted molar refractivity (Wildman–Crippen MR) is 140 cm³/mol. The van der Waals surface area contributed by atoms with Crippen molar-refractivity contribution in [2.75, 3.05) is 32.1 Å². The Morgan fingerprint density at radius 2 is 1.64 bits per heavy atom. The summed E-state index contributed by atoms with van der Waals surface area (Å²) in [6.45, 7) is 1.19. The third-order valence-electron chi connectivity index (χ3n) is 5.91. The zero-order chi connectivity index (χ0) is 25.5. The van der Waals surface area contributed by atoms with Crippen LogP contribution in [0.15, 0.2) is 60.0 Å². The molecule has 184 valence electrons. The molecule has 2 heterocycles. The van der Waals surface area contributed by atoms with Gasteiger partial charge in [-0.2, -0.15) is 0 Å². The molecule has 0 bridgehead atoms. The van der Waals surface area contributed by atoms with E-state index >= 15 is 0 Å². The third kappa shape index (κ3) is 6.29. The molecule has 0 aliphatic carbocycles. The second-order valence-electron chi connectivity index (χ2n) is 8.60.